The molecule has 0 saturated heterocycles. The highest BCUT2D eigenvalue weighted by Crippen LogP contribution is 2.13. The van der Waals surface area contributed by atoms with E-state index < -0.39 is 10.1 Å². The average Bonchev–Trinajstić information content (AvgIpc) is 2.14. The molecule has 0 bridgehead atoms. The lowest BCUT2D eigenvalue weighted by Crippen LogP contribution is -2.05. The predicted octanol–water partition coefficient (Wildman–Crippen LogP) is 0.575. The van der Waals surface area contributed by atoms with Gasteiger partial charge in [0.05, 0.1) is 6.26 Å². The quantitative estimate of drug-likeness (QED) is 0.419. The summed E-state index contributed by atoms with van der Waals surface area (Å²) in [6, 6.07) is 6.07. The lowest BCUT2D eigenvalue weighted by atomic mass is 10.2. The van der Waals surface area contributed by atoms with Crippen LogP contribution < -0.4 is 4.18 Å². The molecular weight excluding hydrogens is 216 g/mol. The average molecular weight is 224 g/mol. The Morgan fingerprint density at radius 1 is 1.27 bits per heavy atom. The Labute approximate surface area is 88.0 Å². The van der Waals surface area contributed by atoms with Crippen LogP contribution in [0.1, 0.15) is 5.56 Å². The molecule has 15 heavy (non-hydrogen) atoms. The van der Waals surface area contributed by atoms with Crippen molar-refractivity contribution >= 4 is 16.4 Å². The first-order valence-electron chi connectivity index (χ1n) is 3.96. The second-order valence-electron chi connectivity index (χ2n) is 2.70. The van der Waals surface area contributed by atoms with Gasteiger partial charge in [0.15, 0.2) is 6.29 Å². The number of carbonyl (C=O) groups is 1. The van der Waals surface area contributed by atoms with E-state index in [2.05, 4.69) is 16.0 Å². The standard InChI is InChI=1S/C10H8O4S/c1-15(12,13)14-10-6-4-9(5-7-10)3-2-8-11/h4-8H,1H3. The van der Waals surface area contributed by atoms with Crippen LogP contribution >= 0.6 is 0 Å². The molecule has 0 aliphatic rings. The maximum absolute atomic E-state index is 10.8. The molecule has 0 aromatic heterocycles. The first-order chi connectivity index (χ1) is 7.01. The Balaban J connectivity index is 2.86. The van der Waals surface area contributed by atoms with E-state index in [1.54, 1.807) is 12.1 Å². The van der Waals surface area contributed by atoms with Gasteiger partial charge in [0.1, 0.15) is 5.75 Å². The van der Waals surface area contributed by atoms with E-state index in [4.69, 9.17) is 0 Å². The maximum Gasteiger partial charge on any atom is 0.306 e. The summed E-state index contributed by atoms with van der Waals surface area (Å²) in [4.78, 5) is 9.96. The molecule has 0 saturated carbocycles. The van der Waals surface area contributed by atoms with E-state index in [1.165, 1.54) is 12.1 Å². The molecule has 0 aliphatic carbocycles. The van der Waals surface area contributed by atoms with Crippen LogP contribution in [0.4, 0.5) is 0 Å². The first-order valence-corrected chi connectivity index (χ1v) is 5.77. The van der Waals surface area contributed by atoms with E-state index in [9.17, 15) is 13.2 Å². The molecule has 0 spiro atoms. The van der Waals surface area contributed by atoms with Gasteiger partial charge in [-0.3, -0.25) is 4.79 Å². The van der Waals surface area contributed by atoms with Crippen LogP contribution in [0.2, 0.25) is 0 Å². The summed E-state index contributed by atoms with van der Waals surface area (Å²) in [5.74, 6) is 5.02. The lowest BCUT2D eigenvalue weighted by Gasteiger charge is -2.01. The molecule has 1 aromatic rings. The summed E-state index contributed by atoms with van der Waals surface area (Å²) in [6.07, 6.45) is 1.45. The van der Waals surface area contributed by atoms with Crippen molar-refractivity contribution in [2.45, 2.75) is 0 Å². The summed E-state index contributed by atoms with van der Waals surface area (Å²) < 4.78 is 26.1. The fourth-order valence-corrected chi connectivity index (χ4v) is 1.34. The molecule has 0 aliphatic heterocycles. The number of hydrogen-bond donors (Lipinski definition) is 0. The van der Waals surface area contributed by atoms with Crippen molar-refractivity contribution in [1.82, 2.24) is 0 Å². The minimum absolute atomic E-state index is 0.217. The zero-order valence-corrected chi connectivity index (χ0v) is 8.74. The van der Waals surface area contributed by atoms with Crippen LogP contribution in [0, 0.1) is 11.8 Å². The molecule has 0 atom stereocenters. The van der Waals surface area contributed by atoms with E-state index >= 15 is 0 Å². The van der Waals surface area contributed by atoms with Crippen LogP contribution in [0.5, 0.6) is 5.75 Å². The topological polar surface area (TPSA) is 60.4 Å². The molecule has 4 nitrogen and oxygen atoms in total. The summed E-state index contributed by atoms with van der Waals surface area (Å²) in [5, 5.41) is 0. The van der Waals surface area contributed by atoms with E-state index in [0.29, 0.717) is 11.8 Å². The predicted molar refractivity (Wildman–Crippen MR) is 54.9 cm³/mol. The second kappa shape index (κ2) is 4.62. The van der Waals surface area contributed by atoms with Crippen molar-refractivity contribution in [2.24, 2.45) is 0 Å². The summed E-state index contributed by atoms with van der Waals surface area (Å²) in [5.41, 5.74) is 0.614. The molecule has 0 amide bonds. The summed E-state index contributed by atoms with van der Waals surface area (Å²) >= 11 is 0. The number of hydrogen-bond acceptors (Lipinski definition) is 4. The highest BCUT2D eigenvalue weighted by atomic mass is 32.2. The van der Waals surface area contributed by atoms with Gasteiger partial charge in [0.25, 0.3) is 0 Å². The third-order valence-corrected chi connectivity index (χ3v) is 1.87. The fourth-order valence-electron chi connectivity index (χ4n) is 0.881. The van der Waals surface area contributed by atoms with Crippen LogP contribution in [0.15, 0.2) is 24.3 Å². The normalized spacial score (nSPS) is 9.93. The van der Waals surface area contributed by atoms with Gasteiger partial charge < -0.3 is 4.18 Å². The van der Waals surface area contributed by atoms with Crippen LogP contribution in [-0.2, 0) is 14.9 Å². The number of aldehydes is 1. The van der Waals surface area contributed by atoms with Crippen molar-refractivity contribution in [3.63, 3.8) is 0 Å². The highest BCUT2D eigenvalue weighted by Gasteiger charge is 2.02. The SMILES string of the molecule is CS(=O)(=O)Oc1ccc(C#CC=O)cc1. The molecule has 0 fully saturated rings. The third-order valence-electron chi connectivity index (χ3n) is 1.38. The van der Waals surface area contributed by atoms with E-state index in [0.717, 1.165) is 6.26 Å². The summed E-state index contributed by atoms with van der Waals surface area (Å²) in [6.45, 7) is 0. The second-order valence-corrected chi connectivity index (χ2v) is 4.27. The monoisotopic (exact) mass is 224 g/mol. The van der Waals surface area contributed by atoms with Gasteiger partial charge in [0.2, 0.25) is 0 Å². The molecule has 0 heterocycles. The van der Waals surface area contributed by atoms with Gasteiger partial charge >= 0.3 is 10.1 Å². The largest absolute Gasteiger partial charge is 0.383 e. The molecule has 1 rings (SSSR count). The molecule has 1 aromatic carbocycles. The smallest absolute Gasteiger partial charge is 0.306 e. The fraction of sp³-hybridized carbons (Fsp3) is 0.100. The Morgan fingerprint density at radius 3 is 2.33 bits per heavy atom. The zero-order valence-electron chi connectivity index (χ0n) is 7.93. The number of carbonyl (C=O) groups excluding carboxylic acids is 1. The van der Waals surface area contributed by atoms with E-state index in [-0.39, 0.29) is 5.75 Å². The van der Waals surface area contributed by atoms with Gasteiger partial charge in [-0.05, 0) is 30.2 Å². The van der Waals surface area contributed by atoms with E-state index in [1.807, 2.05) is 0 Å². The number of benzene rings is 1. The maximum atomic E-state index is 10.8. The minimum Gasteiger partial charge on any atom is -0.383 e. The van der Waals surface area contributed by atoms with Crippen molar-refractivity contribution in [3.05, 3.63) is 29.8 Å². The highest BCUT2D eigenvalue weighted by molar-refractivity contribution is 7.86. The van der Waals surface area contributed by atoms with Gasteiger partial charge in [-0.1, -0.05) is 5.92 Å². The van der Waals surface area contributed by atoms with Crippen LogP contribution in [0.25, 0.3) is 0 Å². The molecule has 0 radical (unpaired) electrons. The zero-order chi connectivity index (χ0) is 11.3. The number of rotatable bonds is 2. The molecule has 0 unspecified atom stereocenters. The van der Waals surface area contributed by atoms with Crippen molar-refractivity contribution < 1.29 is 17.4 Å². The Hall–Kier alpha value is -1.80. The minimum atomic E-state index is -3.50. The first kappa shape index (κ1) is 11.3. The van der Waals surface area contributed by atoms with Crippen LogP contribution in [0.3, 0.4) is 0 Å². The van der Waals surface area contributed by atoms with Crippen molar-refractivity contribution in [1.29, 1.82) is 0 Å². The van der Waals surface area contributed by atoms with Gasteiger partial charge in [-0.2, -0.15) is 8.42 Å². The third kappa shape index (κ3) is 4.29. The van der Waals surface area contributed by atoms with Gasteiger partial charge in [0, 0.05) is 5.56 Å². The molecule has 0 N–H and O–H groups in total. The van der Waals surface area contributed by atoms with Gasteiger partial charge in [-0.25, -0.2) is 0 Å². The van der Waals surface area contributed by atoms with Crippen molar-refractivity contribution in [3.8, 4) is 17.6 Å². The summed E-state index contributed by atoms with van der Waals surface area (Å²) in [7, 11) is -3.50. The van der Waals surface area contributed by atoms with Gasteiger partial charge in [-0.15, -0.1) is 0 Å². The molecule has 78 valence electrons. The lowest BCUT2D eigenvalue weighted by molar-refractivity contribution is -0.103. The Bertz CT molecular complexity index is 503. The van der Waals surface area contributed by atoms with Crippen LogP contribution in [-0.4, -0.2) is 21.0 Å². The molecular formula is C10H8O4S. The Kier molecular flexibility index (Phi) is 3.47. The molecule has 5 heteroatoms. The van der Waals surface area contributed by atoms with Crippen molar-refractivity contribution in [2.75, 3.05) is 6.26 Å². The Morgan fingerprint density at radius 2 is 1.87 bits per heavy atom.